The lowest BCUT2D eigenvalue weighted by atomic mass is 10.0. The van der Waals surface area contributed by atoms with E-state index in [0.29, 0.717) is 12.5 Å². The van der Waals surface area contributed by atoms with Gasteiger partial charge >= 0.3 is 0 Å². The highest BCUT2D eigenvalue weighted by atomic mass is 32.1. The van der Waals surface area contributed by atoms with Crippen molar-refractivity contribution < 1.29 is 19.2 Å². The van der Waals surface area contributed by atoms with E-state index in [4.69, 9.17) is 0 Å². The molecule has 4 heterocycles. The topological polar surface area (TPSA) is 120 Å². The molecule has 1 aromatic heterocycles. The maximum atomic E-state index is 12.9. The standard InChI is InChI=1S/C20H19N5O4S/c26-16-4-3-14(17(27)24-16)25-18(28)12-2-1-10(5-13(12)19(25)29)6-22-20-23-9-15(30-20)11-7-21-8-11/h1-2,5,9,11,14,21H,3-4,6-8H2,(H,22,23)(H,24,26,27). The summed E-state index contributed by atoms with van der Waals surface area (Å²) in [5.41, 5.74) is 1.40. The molecule has 1 aromatic carbocycles. The number of hydrogen-bond donors (Lipinski definition) is 3. The largest absolute Gasteiger partial charge is 0.357 e. The average molecular weight is 425 g/mol. The number of nitrogens with zero attached hydrogens (tertiary/aromatic N) is 2. The minimum atomic E-state index is -0.952. The summed E-state index contributed by atoms with van der Waals surface area (Å²) >= 11 is 1.62. The Bertz CT molecular complexity index is 1080. The molecule has 3 N–H and O–H groups in total. The fourth-order valence-electron chi connectivity index (χ4n) is 3.85. The van der Waals surface area contributed by atoms with Crippen LogP contribution in [0.15, 0.2) is 24.4 Å². The van der Waals surface area contributed by atoms with Crippen LogP contribution in [0.4, 0.5) is 5.13 Å². The summed E-state index contributed by atoms with van der Waals surface area (Å²) in [7, 11) is 0. The zero-order valence-electron chi connectivity index (χ0n) is 15.9. The normalized spacial score (nSPS) is 21.5. The number of imide groups is 2. The molecule has 3 aliphatic heterocycles. The molecule has 2 saturated heterocycles. The third kappa shape index (κ3) is 3.17. The number of hydrogen-bond acceptors (Lipinski definition) is 8. The van der Waals surface area contributed by atoms with E-state index in [2.05, 4.69) is 20.9 Å². The van der Waals surface area contributed by atoms with Gasteiger partial charge in [0, 0.05) is 43.0 Å². The molecule has 9 nitrogen and oxygen atoms in total. The van der Waals surface area contributed by atoms with E-state index in [-0.39, 0.29) is 29.9 Å². The van der Waals surface area contributed by atoms with E-state index >= 15 is 0 Å². The van der Waals surface area contributed by atoms with E-state index in [9.17, 15) is 19.2 Å². The number of rotatable bonds is 5. The van der Waals surface area contributed by atoms with Crippen molar-refractivity contribution >= 4 is 40.1 Å². The second kappa shape index (κ2) is 7.29. The summed E-state index contributed by atoms with van der Waals surface area (Å²) in [6.45, 7) is 2.42. The second-order valence-corrected chi connectivity index (χ2v) is 8.67. The summed E-state index contributed by atoms with van der Waals surface area (Å²) < 4.78 is 0. The zero-order chi connectivity index (χ0) is 20.8. The molecule has 4 amide bonds. The van der Waals surface area contributed by atoms with Crippen molar-refractivity contribution in [1.82, 2.24) is 20.5 Å². The fraction of sp³-hybridized carbons (Fsp3) is 0.350. The van der Waals surface area contributed by atoms with Crippen molar-refractivity contribution in [3.05, 3.63) is 46.0 Å². The first-order valence-electron chi connectivity index (χ1n) is 9.76. The molecule has 0 radical (unpaired) electrons. The number of carbonyl (C=O) groups is 4. The molecule has 1 unspecified atom stereocenters. The zero-order valence-corrected chi connectivity index (χ0v) is 16.8. The molecule has 3 aliphatic rings. The van der Waals surface area contributed by atoms with Gasteiger partial charge in [0.1, 0.15) is 6.04 Å². The lowest BCUT2D eigenvalue weighted by Gasteiger charge is -2.27. The van der Waals surface area contributed by atoms with Gasteiger partial charge in [-0.3, -0.25) is 29.4 Å². The summed E-state index contributed by atoms with van der Waals surface area (Å²) in [5.74, 6) is -1.47. The minimum absolute atomic E-state index is 0.103. The molecule has 0 aliphatic carbocycles. The molecule has 2 aromatic rings. The predicted octanol–water partition coefficient (Wildman–Crippen LogP) is 0.843. The van der Waals surface area contributed by atoms with Crippen LogP contribution in [0.25, 0.3) is 0 Å². The van der Waals surface area contributed by atoms with Crippen molar-refractivity contribution in [3.63, 3.8) is 0 Å². The molecule has 2 fully saturated rings. The van der Waals surface area contributed by atoms with Gasteiger partial charge in [-0.1, -0.05) is 6.07 Å². The quantitative estimate of drug-likeness (QED) is 0.607. The van der Waals surface area contributed by atoms with Crippen LogP contribution in [0, 0.1) is 0 Å². The van der Waals surface area contributed by atoms with Crippen molar-refractivity contribution in [2.75, 3.05) is 18.4 Å². The van der Waals surface area contributed by atoms with Crippen LogP contribution in [0.2, 0.25) is 0 Å². The Hall–Kier alpha value is -3.11. The monoisotopic (exact) mass is 425 g/mol. The Labute approximate surface area is 175 Å². The van der Waals surface area contributed by atoms with E-state index < -0.39 is 23.8 Å². The fourth-order valence-corrected chi connectivity index (χ4v) is 4.76. The number of carbonyl (C=O) groups excluding carboxylic acids is 4. The molecule has 154 valence electrons. The Morgan fingerprint density at radius 2 is 1.93 bits per heavy atom. The molecule has 10 heteroatoms. The summed E-state index contributed by atoms with van der Waals surface area (Å²) in [5, 5.41) is 9.52. The molecular formula is C20H19N5O4S. The minimum Gasteiger partial charge on any atom is -0.357 e. The van der Waals surface area contributed by atoms with Crippen molar-refractivity contribution in [1.29, 1.82) is 0 Å². The molecule has 0 bridgehead atoms. The molecule has 0 spiro atoms. The van der Waals surface area contributed by atoms with Gasteiger partial charge in [-0.15, -0.1) is 11.3 Å². The second-order valence-electron chi connectivity index (χ2n) is 7.60. The summed E-state index contributed by atoms with van der Waals surface area (Å²) in [6.07, 6.45) is 2.14. The Morgan fingerprint density at radius 1 is 1.13 bits per heavy atom. The molecule has 1 atom stereocenters. The first-order chi connectivity index (χ1) is 14.5. The summed E-state index contributed by atoms with van der Waals surface area (Å²) in [6, 6.07) is 4.13. The van der Waals surface area contributed by atoms with Gasteiger partial charge in [-0.25, -0.2) is 4.98 Å². The average Bonchev–Trinajstić information content (AvgIpc) is 3.23. The van der Waals surface area contributed by atoms with Crippen LogP contribution in [0.1, 0.15) is 49.9 Å². The lowest BCUT2D eigenvalue weighted by molar-refractivity contribution is -0.136. The first kappa shape index (κ1) is 18.9. The van der Waals surface area contributed by atoms with Crippen LogP contribution < -0.4 is 16.0 Å². The van der Waals surface area contributed by atoms with Gasteiger partial charge in [0.05, 0.1) is 11.1 Å². The number of thiazole rings is 1. The highest BCUT2D eigenvalue weighted by Crippen LogP contribution is 2.30. The van der Waals surface area contributed by atoms with Crippen molar-refractivity contribution in [2.24, 2.45) is 0 Å². The van der Waals surface area contributed by atoms with Gasteiger partial charge in [0.15, 0.2) is 5.13 Å². The van der Waals surface area contributed by atoms with Crippen LogP contribution >= 0.6 is 11.3 Å². The summed E-state index contributed by atoms with van der Waals surface area (Å²) in [4.78, 5) is 55.7. The number of amides is 4. The maximum Gasteiger partial charge on any atom is 0.262 e. The van der Waals surface area contributed by atoms with E-state index in [1.165, 1.54) is 4.88 Å². The van der Waals surface area contributed by atoms with E-state index in [1.54, 1.807) is 29.5 Å². The molecule has 5 rings (SSSR count). The van der Waals surface area contributed by atoms with E-state index in [0.717, 1.165) is 28.7 Å². The van der Waals surface area contributed by atoms with Gasteiger partial charge in [0.25, 0.3) is 11.8 Å². The van der Waals surface area contributed by atoms with Gasteiger partial charge in [-0.2, -0.15) is 0 Å². The number of aromatic nitrogens is 1. The Kier molecular flexibility index (Phi) is 4.59. The van der Waals surface area contributed by atoms with Crippen LogP contribution in [0.3, 0.4) is 0 Å². The van der Waals surface area contributed by atoms with E-state index in [1.807, 2.05) is 6.20 Å². The van der Waals surface area contributed by atoms with Gasteiger partial charge in [0.2, 0.25) is 11.8 Å². The number of benzene rings is 1. The predicted molar refractivity (Wildman–Crippen MR) is 108 cm³/mol. The highest BCUT2D eigenvalue weighted by Gasteiger charge is 2.44. The third-order valence-electron chi connectivity index (χ3n) is 5.66. The van der Waals surface area contributed by atoms with Crippen LogP contribution in [-0.2, 0) is 16.1 Å². The number of nitrogens with one attached hydrogen (secondary N) is 3. The molecular weight excluding hydrogens is 406 g/mol. The SMILES string of the molecule is O=C1CCC(N2C(=O)c3ccc(CNc4ncc(C5CNC5)s4)cc3C2=O)C(=O)N1. The Balaban J connectivity index is 1.30. The lowest BCUT2D eigenvalue weighted by Crippen LogP contribution is -2.54. The maximum absolute atomic E-state index is 12.9. The van der Waals surface area contributed by atoms with Crippen molar-refractivity contribution in [2.45, 2.75) is 31.3 Å². The molecule has 0 saturated carbocycles. The number of fused-ring (bicyclic) bond motifs is 1. The van der Waals surface area contributed by atoms with Gasteiger partial charge < -0.3 is 10.6 Å². The molecule has 30 heavy (non-hydrogen) atoms. The number of piperidine rings is 1. The first-order valence-corrected chi connectivity index (χ1v) is 10.6. The van der Waals surface area contributed by atoms with Crippen LogP contribution in [0.5, 0.6) is 0 Å². The Morgan fingerprint density at radius 3 is 2.67 bits per heavy atom. The smallest absolute Gasteiger partial charge is 0.262 e. The third-order valence-corrected chi connectivity index (χ3v) is 6.77. The number of anilines is 1. The highest BCUT2D eigenvalue weighted by molar-refractivity contribution is 7.15. The van der Waals surface area contributed by atoms with Crippen molar-refractivity contribution in [3.8, 4) is 0 Å². The van der Waals surface area contributed by atoms with Crippen LogP contribution in [-0.4, -0.2) is 52.6 Å². The van der Waals surface area contributed by atoms with Gasteiger partial charge in [-0.05, 0) is 24.1 Å².